The molecular formula is C26H32N6O2. The number of benzene rings is 1. The summed E-state index contributed by atoms with van der Waals surface area (Å²) in [4.78, 5) is 18.9. The van der Waals surface area contributed by atoms with Crippen molar-refractivity contribution in [3.8, 4) is 11.3 Å². The lowest BCUT2D eigenvalue weighted by molar-refractivity contribution is -0.111. The van der Waals surface area contributed by atoms with Crippen LogP contribution in [0.1, 0.15) is 36.9 Å². The zero-order chi connectivity index (χ0) is 23.9. The second-order valence-corrected chi connectivity index (χ2v) is 8.49. The Morgan fingerprint density at radius 2 is 2.12 bits per heavy atom. The fourth-order valence-electron chi connectivity index (χ4n) is 3.80. The molecule has 178 valence electrons. The van der Waals surface area contributed by atoms with Crippen LogP contribution in [0.5, 0.6) is 0 Å². The normalized spacial score (nSPS) is 13.1. The fraction of sp³-hybridized carbons (Fsp3) is 0.346. The van der Waals surface area contributed by atoms with Crippen molar-refractivity contribution >= 4 is 23.2 Å². The third-order valence-electron chi connectivity index (χ3n) is 5.83. The second-order valence-electron chi connectivity index (χ2n) is 8.49. The predicted octanol–water partition coefficient (Wildman–Crippen LogP) is 4.69. The van der Waals surface area contributed by atoms with Gasteiger partial charge in [0.15, 0.2) is 5.82 Å². The van der Waals surface area contributed by atoms with Crippen molar-refractivity contribution in [3.63, 3.8) is 0 Å². The lowest BCUT2D eigenvalue weighted by Gasteiger charge is -2.21. The van der Waals surface area contributed by atoms with E-state index in [4.69, 9.17) is 9.72 Å². The van der Waals surface area contributed by atoms with E-state index >= 15 is 0 Å². The average molecular weight is 461 g/mol. The highest BCUT2D eigenvalue weighted by atomic mass is 16.5. The van der Waals surface area contributed by atoms with E-state index in [1.54, 1.807) is 7.11 Å². The number of pyridine rings is 1. The molecule has 1 aliphatic carbocycles. The summed E-state index contributed by atoms with van der Waals surface area (Å²) in [5, 5.41) is 13.7. The highest BCUT2D eigenvalue weighted by molar-refractivity contribution is 5.99. The van der Waals surface area contributed by atoms with Crippen molar-refractivity contribution in [1.82, 2.24) is 20.1 Å². The zero-order valence-electron chi connectivity index (χ0n) is 19.8. The number of methoxy groups -OCH3 is 1. The van der Waals surface area contributed by atoms with E-state index in [9.17, 15) is 4.79 Å². The number of carbonyl (C=O) groups is 1. The summed E-state index contributed by atoms with van der Waals surface area (Å²) in [5.74, 6) is 1.84. The lowest BCUT2D eigenvalue weighted by Crippen LogP contribution is -2.26. The average Bonchev–Trinajstić information content (AvgIpc) is 3.60. The SMILES string of the molecule is C=CC(=O)Nc1cccc(-c2cc(CN(CC)CCOC)cc(Nc3cc(C4CC4)[nH]n3)n2)c1. The van der Waals surface area contributed by atoms with Gasteiger partial charge in [-0.25, -0.2) is 4.98 Å². The van der Waals surface area contributed by atoms with Crippen LogP contribution < -0.4 is 10.6 Å². The Morgan fingerprint density at radius 3 is 2.85 bits per heavy atom. The first kappa shape index (κ1) is 23.7. The highest BCUT2D eigenvalue weighted by Gasteiger charge is 2.25. The van der Waals surface area contributed by atoms with Crippen molar-refractivity contribution in [2.45, 2.75) is 32.2 Å². The van der Waals surface area contributed by atoms with E-state index in [-0.39, 0.29) is 5.91 Å². The maximum absolute atomic E-state index is 11.8. The van der Waals surface area contributed by atoms with Crippen LogP contribution in [0.15, 0.2) is 55.1 Å². The Hall–Kier alpha value is -3.49. The molecule has 0 unspecified atom stereocenters. The molecule has 1 aliphatic rings. The number of H-pyrrole nitrogens is 1. The van der Waals surface area contributed by atoms with Gasteiger partial charge in [-0.3, -0.25) is 14.8 Å². The lowest BCUT2D eigenvalue weighted by atomic mass is 10.1. The number of rotatable bonds is 12. The quantitative estimate of drug-likeness (QED) is 0.340. The van der Waals surface area contributed by atoms with Crippen LogP contribution in [0.3, 0.4) is 0 Å². The number of hydrogen-bond donors (Lipinski definition) is 3. The van der Waals surface area contributed by atoms with Gasteiger partial charge in [0.05, 0.1) is 12.3 Å². The molecule has 1 amide bonds. The maximum Gasteiger partial charge on any atom is 0.247 e. The van der Waals surface area contributed by atoms with Gasteiger partial charge >= 0.3 is 0 Å². The van der Waals surface area contributed by atoms with E-state index in [1.807, 2.05) is 24.3 Å². The van der Waals surface area contributed by atoms with Crippen LogP contribution in [0, 0.1) is 0 Å². The summed E-state index contributed by atoms with van der Waals surface area (Å²) < 4.78 is 5.27. The number of ether oxygens (including phenoxy) is 1. The van der Waals surface area contributed by atoms with E-state index in [1.165, 1.54) is 24.6 Å². The highest BCUT2D eigenvalue weighted by Crippen LogP contribution is 2.39. The predicted molar refractivity (Wildman–Crippen MR) is 135 cm³/mol. The van der Waals surface area contributed by atoms with Crippen molar-refractivity contribution < 1.29 is 9.53 Å². The molecule has 0 aliphatic heterocycles. The molecular weight excluding hydrogens is 428 g/mol. The van der Waals surface area contributed by atoms with Crippen molar-refractivity contribution in [2.75, 3.05) is 37.4 Å². The third-order valence-corrected chi connectivity index (χ3v) is 5.83. The van der Waals surface area contributed by atoms with Gasteiger partial charge < -0.3 is 15.4 Å². The molecule has 0 bridgehead atoms. The minimum Gasteiger partial charge on any atom is -0.383 e. The van der Waals surface area contributed by atoms with Crippen molar-refractivity contribution in [1.29, 1.82) is 0 Å². The molecule has 0 radical (unpaired) electrons. The topological polar surface area (TPSA) is 95.2 Å². The molecule has 1 fully saturated rings. The van der Waals surface area contributed by atoms with Gasteiger partial charge in [0, 0.05) is 49.1 Å². The molecule has 1 saturated carbocycles. The number of nitrogens with one attached hydrogen (secondary N) is 3. The van der Waals surface area contributed by atoms with Gasteiger partial charge in [-0.2, -0.15) is 5.10 Å². The maximum atomic E-state index is 11.8. The molecule has 3 aromatic rings. The molecule has 34 heavy (non-hydrogen) atoms. The first-order valence-electron chi connectivity index (χ1n) is 11.7. The summed E-state index contributed by atoms with van der Waals surface area (Å²) in [6, 6.07) is 13.9. The number of carbonyl (C=O) groups excluding carboxylic acids is 1. The van der Waals surface area contributed by atoms with Gasteiger partial charge in [0.25, 0.3) is 0 Å². The van der Waals surface area contributed by atoms with Crippen LogP contribution in [-0.2, 0) is 16.1 Å². The fourth-order valence-corrected chi connectivity index (χ4v) is 3.80. The van der Waals surface area contributed by atoms with Crippen molar-refractivity contribution in [2.24, 2.45) is 0 Å². The first-order chi connectivity index (χ1) is 16.6. The Kier molecular flexibility index (Phi) is 7.72. The Morgan fingerprint density at radius 1 is 1.26 bits per heavy atom. The van der Waals surface area contributed by atoms with Crippen LogP contribution in [0.4, 0.5) is 17.3 Å². The molecule has 0 spiro atoms. The summed E-state index contributed by atoms with van der Waals surface area (Å²) in [6.45, 7) is 8.87. The number of hydrogen-bond acceptors (Lipinski definition) is 6. The molecule has 2 aromatic heterocycles. The van der Waals surface area contributed by atoms with E-state index in [0.29, 0.717) is 18.2 Å². The van der Waals surface area contributed by atoms with E-state index in [0.717, 1.165) is 48.1 Å². The minimum atomic E-state index is -0.247. The molecule has 0 atom stereocenters. The van der Waals surface area contributed by atoms with Crippen molar-refractivity contribution in [3.05, 3.63) is 66.4 Å². The number of amides is 1. The van der Waals surface area contributed by atoms with Crippen LogP contribution in [0.25, 0.3) is 11.3 Å². The molecule has 8 nitrogen and oxygen atoms in total. The Labute approximate surface area is 200 Å². The number of anilines is 3. The number of nitrogens with zero attached hydrogens (tertiary/aromatic N) is 3. The third kappa shape index (κ3) is 6.30. The molecule has 2 heterocycles. The Bertz CT molecular complexity index is 1140. The Balaban J connectivity index is 1.63. The van der Waals surface area contributed by atoms with Gasteiger partial charge in [-0.05, 0) is 55.3 Å². The van der Waals surface area contributed by atoms with Crippen LogP contribution in [-0.4, -0.2) is 52.8 Å². The number of aromatic nitrogens is 3. The second kappa shape index (κ2) is 11.1. The van der Waals surface area contributed by atoms with Gasteiger partial charge in [0.2, 0.25) is 5.91 Å². The van der Waals surface area contributed by atoms with Crippen LogP contribution >= 0.6 is 0 Å². The minimum absolute atomic E-state index is 0.247. The smallest absolute Gasteiger partial charge is 0.247 e. The zero-order valence-corrected chi connectivity index (χ0v) is 19.8. The molecule has 0 saturated heterocycles. The molecule has 1 aromatic carbocycles. The van der Waals surface area contributed by atoms with Crippen LogP contribution in [0.2, 0.25) is 0 Å². The largest absolute Gasteiger partial charge is 0.383 e. The standard InChI is InChI=1S/C26H32N6O2/c1-4-26(33)27-21-8-6-7-20(15-21)22-13-18(17-32(5-2)11-12-34-3)14-24(28-22)29-25-16-23(30-31-25)19-9-10-19/h4,6-8,13-16,19H,1,5,9-12,17H2,2-3H3,(H,27,33)(H2,28,29,30,31). The van der Waals surface area contributed by atoms with E-state index < -0.39 is 0 Å². The summed E-state index contributed by atoms with van der Waals surface area (Å²) in [6.07, 6.45) is 3.69. The number of aromatic amines is 1. The van der Waals surface area contributed by atoms with Gasteiger partial charge in [0.1, 0.15) is 5.82 Å². The summed E-state index contributed by atoms with van der Waals surface area (Å²) >= 11 is 0. The van der Waals surface area contributed by atoms with Gasteiger partial charge in [-0.15, -0.1) is 0 Å². The first-order valence-corrected chi connectivity index (χ1v) is 11.7. The summed E-state index contributed by atoms with van der Waals surface area (Å²) in [5.41, 5.74) is 4.72. The monoisotopic (exact) mass is 460 g/mol. The van der Waals surface area contributed by atoms with E-state index in [2.05, 4.69) is 57.4 Å². The van der Waals surface area contributed by atoms with Gasteiger partial charge in [-0.1, -0.05) is 25.6 Å². The molecule has 3 N–H and O–H groups in total. The molecule has 4 rings (SSSR count). The summed E-state index contributed by atoms with van der Waals surface area (Å²) in [7, 11) is 1.72. The molecule has 8 heteroatoms. The number of likely N-dealkylation sites (N-methyl/N-ethyl adjacent to an activating group) is 1.